The minimum Gasteiger partial charge on any atom is -0.495 e. The SMILES string of the molecule is COc1ccnc2c1SCC2. The summed E-state index contributed by atoms with van der Waals surface area (Å²) in [5.41, 5.74) is 1.19. The van der Waals surface area contributed by atoms with Crippen LogP contribution < -0.4 is 4.74 Å². The molecule has 2 nitrogen and oxygen atoms in total. The summed E-state index contributed by atoms with van der Waals surface area (Å²) >= 11 is 1.83. The van der Waals surface area contributed by atoms with Crippen LogP contribution >= 0.6 is 11.8 Å². The van der Waals surface area contributed by atoms with Crippen LogP contribution in [0.3, 0.4) is 0 Å². The smallest absolute Gasteiger partial charge is 0.135 e. The molecule has 0 atom stereocenters. The van der Waals surface area contributed by atoms with Crippen molar-refractivity contribution >= 4 is 11.8 Å². The number of fused-ring (bicyclic) bond motifs is 1. The second-order valence-corrected chi connectivity index (χ2v) is 3.49. The van der Waals surface area contributed by atoms with E-state index in [4.69, 9.17) is 4.74 Å². The summed E-state index contributed by atoms with van der Waals surface area (Å²) in [6, 6.07) is 1.91. The lowest BCUT2D eigenvalue weighted by molar-refractivity contribution is 0.403. The highest BCUT2D eigenvalue weighted by Crippen LogP contribution is 2.36. The quantitative estimate of drug-likeness (QED) is 0.636. The molecule has 2 heterocycles. The van der Waals surface area contributed by atoms with Gasteiger partial charge in [-0.1, -0.05) is 0 Å². The number of pyridine rings is 1. The van der Waals surface area contributed by atoms with Gasteiger partial charge in [0.15, 0.2) is 0 Å². The average Bonchev–Trinajstić information content (AvgIpc) is 2.50. The van der Waals surface area contributed by atoms with Crippen molar-refractivity contribution < 1.29 is 4.74 Å². The van der Waals surface area contributed by atoms with Crippen LogP contribution in [0, 0.1) is 0 Å². The van der Waals surface area contributed by atoms with E-state index in [1.54, 1.807) is 7.11 Å². The average molecular weight is 167 g/mol. The standard InChI is InChI=1S/C8H9NOS/c1-10-7-2-4-9-6-3-5-11-8(6)7/h2,4H,3,5H2,1H3. The maximum absolute atomic E-state index is 5.20. The molecule has 0 unspecified atom stereocenters. The third kappa shape index (κ3) is 1.09. The van der Waals surface area contributed by atoms with Gasteiger partial charge in [-0.15, -0.1) is 11.8 Å². The van der Waals surface area contributed by atoms with Crippen molar-refractivity contribution in [2.45, 2.75) is 11.3 Å². The Morgan fingerprint density at radius 2 is 2.55 bits per heavy atom. The predicted molar refractivity (Wildman–Crippen MR) is 45.2 cm³/mol. The van der Waals surface area contributed by atoms with Gasteiger partial charge in [-0.2, -0.15) is 0 Å². The number of hydrogen-bond donors (Lipinski definition) is 0. The summed E-state index contributed by atoms with van der Waals surface area (Å²) in [4.78, 5) is 5.50. The maximum atomic E-state index is 5.20. The summed E-state index contributed by atoms with van der Waals surface area (Å²) < 4.78 is 5.20. The molecule has 1 aromatic heterocycles. The van der Waals surface area contributed by atoms with Crippen molar-refractivity contribution in [1.82, 2.24) is 4.98 Å². The van der Waals surface area contributed by atoms with Gasteiger partial charge in [0, 0.05) is 18.4 Å². The van der Waals surface area contributed by atoms with E-state index < -0.39 is 0 Å². The Bertz CT molecular complexity index is 275. The number of nitrogens with zero attached hydrogens (tertiary/aromatic N) is 1. The third-order valence-corrected chi connectivity index (χ3v) is 2.88. The molecule has 3 heteroatoms. The van der Waals surface area contributed by atoms with Crippen molar-refractivity contribution in [1.29, 1.82) is 0 Å². The predicted octanol–water partition coefficient (Wildman–Crippen LogP) is 1.74. The highest BCUT2D eigenvalue weighted by Gasteiger charge is 2.16. The van der Waals surface area contributed by atoms with Gasteiger partial charge in [0.2, 0.25) is 0 Å². The van der Waals surface area contributed by atoms with Gasteiger partial charge < -0.3 is 4.74 Å². The van der Waals surface area contributed by atoms with Crippen molar-refractivity contribution in [3.05, 3.63) is 18.0 Å². The molecule has 0 saturated carbocycles. The minimum atomic E-state index is 0.970. The Morgan fingerprint density at radius 3 is 3.36 bits per heavy atom. The lowest BCUT2D eigenvalue weighted by Gasteiger charge is -2.03. The van der Waals surface area contributed by atoms with Gasteiger partial charge in [0.1, 0.15) is 5.75 Å². The second-order valence-electron chi connectivity index (χ2n) is 2.39. The van der Waals surface area contributed by atoms with Gasteiger partial charge in [-0.3, -0.25) is 4.98 Å². The molecule has 0 aliphatic carbocycles. The van der Waals surface area contributed by atoms with Gasteiger partial charge in [0.25, 0.3) is 0 Å². The molecule has 0 bridgehead atoms. The fourth-order valence-electron chi connectivity index (χ4n) is 1.21. The molecular weight excluding hydrogens is 158 g/mol. The van der Waals surface area contributed by atoms with Gasteiger partial charge in [-0.05, 0) is 6.07 Å². The molecule has 1 aliphatic heterocycles. The van der Waals surface area contributed by atoms with E-state index >= 15 is 0 Å². The zero-order chi connectivity index (χ0) is 7.68. The number of aryl methyl sites for hydroxylation is 1. The number of rotatable bonds is 1. The second kappa shape index (κ2) is 2.74. The highest BCUT2D eigenvalue weighted by atomic mass is 32.2. The molecule has 11 heavy (non-hydrogen) atoms. The first kappa shape index (κ1) is 6.98. The summed E-state index contributed by atoms with van der Waals surface area (Å²) in [5.74, 6) is 2.11. The zero-order valence-electron chi connectivity index (χ0n) is 6.33. The fraction of sp³-hybridized carbons (Fsp3) is 0.375. The van der Waals surface area contributed by atoms with E-state index in [1.165, 1.54) is 10.6 Å². The van der Waals surface area contributed by atoms with Crippen molar-refractivity contribution in [3.8, 4) is 5.75 Å². The normalized spacial score (nSPS) is 14.6. The molecule has 0 amide bonds. The van der Waals surface area contributed by atoms with Gasteiger partial charge >= 0.3 is 0 Å². The monoisotopic (exact) mass is 167 g/mol. The molecule has 58 valence electrons. The molecular formula is C8H9NOS. The lowest BCUT2D eigenvalue weighted by Crippen LogP contribution is -1.89. The summed E-state index contributed by atoms with van der Waals surface area (Å²) in [5, 5.41) is 0. The van der Waals surface area contributed by atoms with Crippen LogP contribution in [0.2, 0.25) is 0 Å². The van der Waals surface area contributed by atoms with Crippen molar-refractivity contribution in [3.63, 3.8) is 0 Å². The largest absolute Gasteiger partial charge is 0.495 e. The summed E-state index contributed by atoms with van der Waals surface area (Å²) in [6.07, 6.45) is 2.89. The fourth-order valence-corrected chi connectivity index (χ4v) is 2.33. The molecule has 1 aromatic rings. The molecule has 0 saturated heterocycles. The van der Waals surface area contributed by atoms with Crippen LogP contribution in [-0.4, -0.2) is 17.8 Å². The van der Waals surface area contributed by atoms with Crippen LogP contribution in [0.25, 0.3) is 0 Å². The van der Waals surface area contributed by atoms with E-state index in [1.807, 2.05) is 24.0 Å². The Morgan fingerprint density at radius 1 is 1.64 bits per heavy atom. The Balaban J connectivity index is 2.50. The summed E-state index contributed by atoms with van der Waals surface area (Å²) in [7, 11) is 1.70. The van der Waals surface area contributed by atoms with Crippen molar-refractivity contribution in [2.24, 2.45) is 0 Å². The first-order valence-electron chi connectivity index (χ1n) is 3.56. The van der Waals surface area contributed by atoms with Crippen molar-refractivity contribution in [2.75, 3.05) is 12.9 Å². The van der Waals surface area contributed by atoms with Crippen LogP contribution in [0.15, 0.2) is 17.2 Å². The number of ether oxygens (including phenoxy) is 1. The van der Waals surface area contributed by atoms with E-state index in [-0.39, 0.29) is 0 Å². The first-order chi connectivity index (χ1) is 5.42. The van der Waals surface area contributed by atoms with Crippen LogP contribution in [-0.2, 0) is 6.42 Å². The molecule has 0 radical (unpaired) electrons. The van der Waals surface area contributed by atoms with E-state index in [0.717, 1.165) is 17.9 Å². The lowest BCUT2D eigenvalue weighted by atomic mass is 10.3. The highest BCUT2D eigenvalue weighted by molar-refractivity contribution is 7.99. The molecule has 0 aromatic carbocycles. The molecule has 0 fully saturated rings. The Labute approximate surface area is 70.0 Å². The van der Waals surface area contributed by atoms with E-state index in [9.17, 15) is 0 Å². The maximum Gasteiger partial charge on any atom is 0.135 e. The summed E-state index contributed by atoms with van der Waals surface area (Å²) in [6.45, 7) is 0. The molecule has 0 N–H and O–H groups in total. The number of hydrogen-bond acceptors (Lipinski definition) is 3. The van der Waals surface area contributed by atoms with Crippen LogP contribution in [0.4, 0.5) is 0 Å². The van der Waals surface area contributed by atoms with Crippen LogP contribution in [0.1, 0.15) is 5.69 Å². The topological polar surface area (TPSA) is 22.1 Å². The number of methoxy groups -OCH3 is 1. The number of thioether (sulfide) groups is 1. The van der Waals surface area contributed by atoms with Gasteiger partial charge in [0.05, 0.1) is 17.7 Å². The molecule has 0 spiro atoms. The van der Waals surface area contributed by atoms with Crippen LogP contribution in [0.5, 0.6) is 5.75 Å². The van der Waals surface area contributed by atoms with E-state index in [0.29, 0.717) is 0 Å². The number of aromatic nitrogens is 1. The molecule has 1 aliphatic rings. The van der Waals surface area contributed by atoms with E-state index in [2.05, 4.69) is 4.98 Å². The first-order valence-corrected chi connectivity index (χ1v) is 4.55. The molecule has 2 rings (SSSR count). The minimum absolute atomic E-state index is 0.970. The Hall–Kier alpha value is -0.700. The van der Waals surface area contributed by atoms with Gasteiger partial charge in [-0.25, -0.2) is 0 Å². The Kier molecular flexibility index (Phi) is 1.74. The third-order valence-electron chi connectivity index (χ3n) is 1.75. The zero-order valence-corrected chi connectivity index (χ0v) is 7.15.